The van der Waals surface area contributed by atoms with Crippen molar-refractivity contribution in [2.75, 3.05) is 31.5 Å². The van der Waals surface area contributed by atoms with Gasteiger partial charge in [-0.3, -0.25) is 4.79 Å². The molecule has 2 aliphatic rings. The average molecular weight is 471 g/mol. The summed E-state index contributed by atoms with van der Waals surface area (Å²) in [4.78, 5) is 13.8. The summed E-state index contributed by atoms with van der Waals surface area (Å²) >= 11 is 0. The monoisotopic (exact) mass is 470 g/mol. The van der Waals surface area contributed by atoms with Gasteiger partial charge in [0, 0.05) is 17.7 Å². The van der Waals surface area contributed by atoms with Gasteiger partial charge in [0.1, 0.15) is 5.75 Å². The number of methoxy groups -OCH3 is 2. The number of Topliss-reactive ketones (excluding diaryl/α,β-unsaturated/α-hetero) is 1. The third kappa shape index (κ3) is 4.44. The van der Waals surface area contributed by atoms with Crippen LogP contribution in [-0.2, 0) is 4.79 Å². The Labute approximate surface area is 205 Å². The minimum atomic E-state index is -0.277. The van der Waals surface area contributed by atoms with Crippen LogP contribution in [0.2, 0.25) is 0 Å². The molecule has 1 aliphatic heterocycles. The molecule has 5 rings (SSSR count). The SMILES string of the molecule is CCOc1cccc([C@H]2Nc3ccccc3NC3=C2C(=O)C[C@@H](c2ccc(OC)c(OC)c2)C3)c1. The predicted octanol–water partition coefficient (Wildman–Crippen LogP) is 6.08. The molecule has 0 bridgehead atoms. The van der Waals surface area contributed by atoms with E-state index in [1.165, 1.54) is 0 Å². The normalized spacial score (nSPS) is 19.0. The fraction of sp³-hybridized carbons (Fsp3) is 0.276. The number of carbonyl (C=O) groups excluding carboxylic acids is 1. The van der Waals surface area contributed by atoms with Crippen LogP contribution >= 0.6 is 0 Å². The van der Waals surface area contributed by atoms with E-state index in [9.17, 15) is 4.79 Å². The van der Waals surface area contributed by atoms with E-state index in [4.69, 9.17) is 14.2 Å². The highest BCUT2D eigenvalue weighted by Crippen LogP contribution is 2.45. The lowest BCUT2D eigenvalue weighted by Gasteiger charge is -2.30. The highest BCUT2D eigenvalue weighted by atomic mass is 16.5. The Hall–Kier alpha value is -3.93. The molecule has 1 heterocycles. The molecular weight excluding hydrogens is 440 g/mol. The second-order valence-corrected chi connectivity index (χ2v) is 8.79. The topological polar surface area (TPSA) is 68.8 Å². The van der Waals surface area contributed by atoms with Crippen LogP contribution in [0.1, 0.15) is 42.9 Å². The molecule has 0 saturated heterocycles. The summed E-state index contributed by atoms with van der Waals surface area (Å²) in [5.41, 5.74) is 5.72. The van der Waals surface area contributed by atoms with Gasteiger partial charge < -0.3 is 24.8 Å². The minimum absolute atomic E-state index is 0.0363. The van der Waals surface area contributed by atoms with Gasteiger partial charge in [0.05, 0.1) is 38.2 Å². The Kier molecular flexibility index (Phi) is 6.36. The van der Waals surface area contributed by atoms with Crippen LogP contribution in [-0.4, -0.2) is 26.6 Å². The molecule has 6 nitrogen and oxygen atoms in total. The maximum atomic E-state index is 13.8. The zero-order valence-corrected chi connectivity index (χ0v) is 20.3. The molecule has 1 aliphatic carbocycles. The lowest BCUT2D eigenvalue weighted by molar-refractivity contribution is -0.116. The number of benzene rings is 3. The Morgan fingerprint density at radius 1 is 0.857 bits per heavy atom. The van der Waals surface area contributed by atoms with E-state index < -0.39 is 0 Å². The zero-order valence-electron chi connectivity index (χ0n) is 20.3. The third-order valence-electron chi connectivity index (χ3n) is 6.69. The van der Waals surface area contributed by atoms with Crippen molar-refractivity contribution in [3.8, 4) is 17.2 Å². The third-order valence-corrected chi connectivity index (χ3v) is 6.69. The maximum Gasteiger partial charge on any atom is 0.163 e. The van der Waals surface area contributed by atoms with Crippen molar-refractivity contribution < 1.29 is 19.0 Å². The van der Waals surface area contributed by atoms with Crippen molar-refractivity contribution in [2.45, 2.75) is 31.7 Å². The molecule has 3 aromatic rings. The van der Waals surface area contributed by atoms with E-state index in [1.807, 2.05) is 73.7 Å². The van der Waals surface area contributed by atoms with E-state index in [1.54, 1.807) is 14.2 Å². The van der Waals surface area contributed by atoms with Gasteiger partial charge in [-0.2, -0.15) is 0 Å². The molecule has 0 unspecified atom stereocenters. The van der Waals surface area contributed by atoms with Crippen LogP contribution in [0.15, 0.2) is 78.0 Å². The number of anilines is 2. The predicted molar refractivity (Wildman–Crippen MR) is 138 cm³/mol. The number of nitrogens with one attached hydrogen (secondary N) is 2. The van der Waals surface area contributed by atoms with Crippen LogP contribution in [0.4, 0.5) is 11.4 Å². The molecule has 35 heavy (non-hydrogen) atoms. The molecule has 180 valence electrons. The van der Waals surface area contributed by atoms with Gasteiger partial charge in [0.2, 0.25) is 0 Å². The van der Waals surface area contributed by atoms with E-state index >= 15 is 0 Å². The van der Waals surface area contributed by atoms with Crippen molar-refractivity contribution in [1.29, 1.82) is 0 Å². The summed E-state index contributed by atoms with van der Waals surface area (Å²) in [6, 6.07) is 21.7. The van der Waals surface area contributed by atoms with Gasteiger partial charge in [0.25, 0.3) is 0 Å². The number of ether oxygens (including phenoxy) is 3. The number of ketones is 1. The van der Waals surface area contributed by atoms with Crippen LogP contribution in [0.5, 0.6) is 17.2 Å². The van der Waals surface area contributed by atoms with Gasteiger partial charge in [0.15, 0.2) is 17.3 Å². The molecule has 2 N–H and O–H groups in total. The summed E-state index contributed by atoms with van der Waals surface area (Å²) in [7, 11) is 3.25. The number of rotatable bonds is 6. The first kappa shape index (κ1) is 22.8. The molecule has 2 atom stereocenters. The molecule has 0 amide bonds. The Balaban J connectivity index is 1.57. The smallest absolute Gasteiger partial charge is 0.163 e. The summed E-state index contributed by atoms with van der Waals surface area (Å²) in [5, 5.41) is 7.22. The van der Waals surface area contributed by atoms with Crippen molar-refractivity contribution >= 4 is 17.2 Å². The van der Waals surface area contributed by atoms with Gasteiger partial charge in [-0.05, 0) is 66.8 Å². The molecule has 0 fully saturated rings. The van der Waals surface area contributed by atoms with E-state index in [0.29, 0.717) is 30.9 Å². The lowest BCUT2D eigenvalue weighted by Crippen LogP contribution is -2.27. The quantitative estimate of drug-likeness (QED) is 0.455. The first-order valence-corrected chi connectivity index (χ1v) is 11.9. The molecule has 6 heteroatoms. The number of fused-ring (bicyclic) bond motifs is 1. The van der Waals surface area contributed by atoms with Crippen molar-refractivity contribution in [3.63, 3.8) is 0 Å². The molecule has 3 aromatic carbocycles. The van der Waals surface area contributed by atoms with Crippen LogP contribution in [0, 0.1) is 0 Å². The minimum Gasteiger partial charge on any atom is -0.494 e. The highest BCUT2D eigenvalue weighted by molar-refractivity contribution is 6.01. The average Bonchev–Trinajstić information content (AvgIpc) is 3.05. The second kappa shape index (κ2) is 9.74. The summed E-state index contributed by atoms with van der Waals surface area (Å²) in [6.45, 7) is 2.56. The van der Waals surface area contributed by atoms with Gasteiger partial charge >= 0.3 is 0 Å². The number of para-hydroxylation sites is 2. The number of allylic oxidation sites excluding steroid dienone is 1. The fourth-order valence-electron chi connectivity index (χ4n) is 5.04. The number of hydrogen-bond donors (Lipinski definition) is 2. The standard InChI is InChI=1S/C29H30N2O4/c1-4-35-21-9-7-8-19(14-21)29-28-24(30-22-10-5-6-11-23(22)31-29)15-20(16-25(28)32)18-12-13-26(33-2)27(17-18)34-3/h5-14,17,20,29-31H,4,15-16H2,1-3H3/t20-,29+/m0/s1. The molecular formula is C29H30N2O4. The van der Waals surface area contributed by atoms with Crippen LogP contribution < -0.4 is 24.8 Å². The van der Waals surface area contributed by atoms with Crippen LogP contribution in [0.3, 0.4) is 0 Å². The Bertz CT molecular complexity index is 1280. The summed E-state index contributed by atoms with van der Waals surface area (Å²) in [6.07, 6.45) is 1.14. The van der Waals surface area contributed by atoms with Crippen molar-refractivity contribution in [3.05, 3.63) is 89.1 Å². The first-order chi connectivity index (χ1) is 17.1. The summed E-state index contributed by atoms with van der Waals surface area (Å²) < 4.78 is 16.7. The van der Waals surface area contributed by atoms with Crippen LogP contribution in [0.25, 0.3) is 0 Å². The van der Waals surface area contributed by atoms with Crippen molar-refractivity contribution in [1.82, 2.24) is 0 Å². The highest BCUT2D eigenvalue weighted by Gasteiger charge is 2.36. The first-order valence-electron chi connectivity index (χ1n) is 11.9. The lowest BCUT2D eigenvalue weighted by atomic mass is 9.78. The van der Waals surface area contributed by atoms with Gasteiger partial charge in [-0.1, -0.05) is 30.3 Å². The molecule has 0 aromatic heterocycles. The molecule has 0 saturated carbocycles. The van der Waals surface area contributed by atoms with Crippen molar-refractivity contribution in [2.24, 2.45) is 0 Å². The zero-order chi connectivity index (χ0) is 24.4. The molecule has 0 spiro atoms. The molecule has 0 radical (unpaired) electrons. The van der Waals surface area contributed by atoms with E-state index in [2.05, 4.69) is 10.6 Å². The number of carbonyl (C=O) groups is 1. The maximum absolute atomic E-state index is 13.8. The van der Waals surface area contributed by atoms with Gasteiger partial charge in [-0.25, -0.2) is 0 Å². The second-order valence-electron chi connectivity index (χ2n) is 8.79. The largest absolute Gasteiger partial charge is 0.494 e. The Morgan fingerprint density at radius 2 is 1.66 bits per heavy atom. The van der Waals surface area contributed by atoms with E-state index in [0.717, 1.165) is 39.5 Å². The Morgan fingerprint density at radius 3 is 2.43 bits per heavy atom. The summed E-state index contributed by atoms with van der Waals surface area (Å²) in [5.74, 6) is 2.31. The number of hydrogen-bond acceptors (Lipinski definition) is 6. The van der Waals surface area contributed by atoms with E-state index in [-0.39, 0.29) is 17.7 Å². The van der Waals surface area contributed by atoms with Gasteiger partial charge in [-0.15, -0.1) is 0 Å². The fourth-order valence-corrected chi connectivity index (χ4v) is 5.04.